The highest BCUT2D eigenvalue weighted by Crippen LogP contribution is 2.30. The predicted molar refractivity (Wildman–Crippen MR) is 120 cm³/mol. The number of amides is 2. The van der Waals surface area contributed by atoms with Gasteiger partial charge >= 0.3 is 0 Å². The number of piperazine rings is 1. The molecule has 2 aromatic carbocycles. The van der Waals surface area contributed by atoms with E-state index in [1.165, 1.54) is 4.90 Å². The summed E-state index contributed by atoms with van der Waals surface area (Å²) in [5.41, 5.74) is 2.79. The Labute approximate surface area is 190 Å². The van der Waals surface area contributed by atoms with Gasteiger partial charge in [-0.3, -0.25) is 14.6 Å². The van der Waals surface area contributed by atoms with Crippen LogP contribution in [0.15, 0.2) is 42.5 Å². The van der Waals surface area contributed by atoms with E-state index in [-0.39, 0.29) is 18.0 Å². The number of para-hydroxylation sites is 1. The Kier molecular flexibility index (Phi) is 5.54. The van der Waals surface area contributed by atoms with E-state index in [1.54, 1.807) is 0 Å². The highest BCUT2D eigenvalue weighted by Gasteiger charge is 2.31. The third kappa shape index (κ3) is 4.06. The minimum atomic E-state index is -0.797. The van der Waals surface area contributed by atoms with Gasteiger partial charge in [-0.25, -0.2) is 8.78 Å². The van der Waals surface area contributed by atoms with Gasteiger partial charge < -0.3 is 14.7 Å². The molecule has 2 aliphatic heterocycles. The molecule has 1 aromatic heterocycles. The molecule has 8 heteroatoms. The first-order valence-corrected chi connectivity index (χ1v) is 11.0. The van der Waals surface area contributed by atoms with Gasteiger partial charge in [0.2, 0.25) is 0 Å². The van der Waals surface area contributed by atoms with E-state index in [0.717, 1.165) is 47.9 Å². The normalized spacial score (nSPS) is 16.7. The topological polar surface area (TPSA) is 56.8 Å². The molecule has 0 aliphatic carbocycles. The van der Waals surface area contributed by atoms with Crippen LogP contribution in [0.2, 0.25) is 0 Å². The van der Waals surface area contributed by atoms with Crippen LogP contribution in [0, 0.1) is 11.6 Å². The first-order valence-electron chi connectivity index (χ1n) is 11.0. The van der Waals surface area contributed by atoms with E-state index in [2.05, 4.69) is 4.90 Å². The maximum atomic E-state index is 13.7. The first kappa shape index (κ1) is 21.5. The molecule has 3 aromatic rings. The molecule has 2 aliphatic rings. The fraction of sp³-hybridized carbons (Fsp3) is 0.320. The Bertz CT molecular complexity index is 1230. The standard InChI is InChI=1S/C25H24F2N4O2/c1-29-8-10-30(11-9-29)25(33)23-19-4-2-3-5-21(19)28-22-6-7-31(15-20(22)23)24(32)16-12-17(26)14-18(27)13-16/h2-5,12-14H,6-11,15H2,1H3. The summed E-state index contributed by atoms with van der Waals surface area (Å²) in [5.74, 6) is -2.13. The molecule has 0 atom stereocenters. The van der Waals surface area contributed by atoms with E-state index < -0.39 is 17.5 Å². The van der Waals surface area contributed by atoms with Gasteiger partial charge in [0.25, 0.3) is 11.8 Å². The Hall–Kier alpha value is -3.39. The number of carbonyl (C=O) groups excluding carboxylic acids is 2. The zero-order valence-electron chi connectivity index (χ0n) is 18.4. The van der Waals surface area contributed by atoms with E-state index in [1.807, 2.05) is 36.2 Å². The molecule has 0 unspecified atom stereocenters. The lowest BCUT2D eigenvalue weighted by Gasteiger charge is -2.35. The summed E-state index contributed by atoms with van der Waals surface area (Å²) < 4.78 is 27.4. The number of likely N-dealkylation sites (N-methyl/N-ethyl adjacent to an activating group) is 1. The van der Waals surface area contributed by atoms with Crippen molar-refractivity contribution < 1.29 is 18.4 Å². The summed E-state index contributed by atoms with van der Waals surface area (Å²) in [7, 11) is 2.03. The molecule has 0 bridgehead atoms. The zero-order chi connectivity index (χ0) is 23.1. The molecule has 170 valence electrons. The number of benzene rings is 2. The molecule has 5 rings (SSSR count). The quantitative estimate of drug-likeness (QED) is 0.602. The summed E-state index contributed by atoms with van der Waals surface area (Å²) in [5, 5.41) is 0.756. The van der Waals surface area contributed by atoms with E-state index in [4.69, 9.17) is 4.98 Å². The largest absolute Gasteiger partial charge is 0.336 e. The van der Waals surface area contributed by atoms with Crippen LogP contribution in [0.5, 0.6) is 0 Å². The van der Waals surface area contributed by atoms with Gasteiger partial charge in [-0.1, -0.05) is 18.2 Å². The molecule has 0 spiro atoms. The lowest BCUT2D eigenvalue weighted by Crippen LogP contribution is -2.47. The van der Waals surface area contributed by atoms with Gasteiger partial charge in [0.05, 0.1) is 11.1 Å². The number of pyridine rings is 1. The van der Waals surface area contributed by atoms with Crippen molar-refractivity contribution in [3.05, 3.63) is 76.5 Å². The summed E-state index contributed by atoms with van der Waals surface area (Å²) >= 11 is 0. The molecule has 33 heavy (non-hydrogen) atoms. The van der Waals surface area contributed by atoms with Crippen molar-refractivity contribution in [1.29, 1.82) is 0 Å². The van der Waals surface area contributed by atoms with Gasteiger partial charge in [-0.2, -0.15) is 0 Å². The van der Waals surface area contributed by atoms with Crippen LogP contribution < -0.4 is 0 Å². The summed E-state index contributed by atoms with van der Waals surface area (Å²) in [6, 6.07) is 10.4. The Balaban J connectivity index is 1.55. The first-order chi connectivity index (χ1) is 15.9. The van der Waals surface area contributed by atoms with Crippen molar-refractivity contribution in [3.63, 3.8) is 0 Å². The van der Waals surface area contributed by atoms with Crippen molar-refractivity contribution in [2.24, 2.45) is 0 Å². The van der Waals surface area contributed by atoms with Crippen LogP contribution in [0.1, 0.15) is 32.0 Å². The van der Waals surface area contributed by atoms with Crippen molar-refractivity contribution >= 4 is 22.7 Å². The summed E-state index contributed by atoms with van der Waals surface area (Å²) in [4.78, 5) is 37.1. The van der Waals surface area contributed by atoms with Gasteiger partial charge in [0.1, 0.15) is 11.6 Å². The SMILES string of the molecule is CN1CCN(C(=O)c2c3c(nc4ccccc24)CCN(C(=O)c2cc(F)cc(F)c2)C3)CC1. The van der Waals surface area contributed by atoms with Crippen molar-refractivity contribution in [2.45, 2.75) is 13.0 Å². The van der Waals surface area contributed by atoms with E-state index in [9.17, 15) is 18.4 Å². The minimum absolute atomic E-state index is 0.0448. The second-order valence-electron chi connectivity index (χ2n) is 8.66. The van der Waals surface area contributed by atoms with E-state index >= 15 is 0 Å². The third-order valence-electron chi connectivity index (χ3n) is 6.45. The van der Waals surface area contributed by atoms with Crippen LogP contribution in [-0.2, 0) is 13.0 Å². The fourth-order valence-corrected chi connectivity index (χ4v) is 4.64. The minimum Gasteiger partial charge on any atom is -0.336 e. The molecular formula is C25H24F2N4O2. The molecule has 1 fully saturated rings. The van der Waals surface area contributed by atoms with Gasteiger partial charge in [0, 0.05) is 74.0 Å². The van der Waals surface area contributed by atoms with Crippen molar-refractivity contribution in [3.8, 4) is 0 Å². The predicted octanol–water partition coefficient (Wildman–Crippen LogP) is 3.10. The summed E-state index contributed by atoms with van der Waals surface area (Å²) in [6.07, 6.45) is 0.465. The molecular weight excluding hydrogens is 426 g/mol. The number of rotatable bonds is 2. The molecule has 3 heterocycles. The number of nitrogens with zero attached hydrogens (tertiary/aromatic N) is 4. The fourth-order valence-electron chi connectivity index (χ4n) is 4.64. The van der Waals surface area contributed by atoms with E-state index in [0.29, 0.717) is 37.2 Å². The second-order valence-corrected chi connectivity index (χ2v) is 8.66. The number of hydrogen-bond acceptors (Lipinski definition) is 4. The Morgan fingerprint density at radius 1 is 0.879 bits per heavy atom. The lowest BCUT2D eigenvalue weighted by molar-refractivity contribution is 0.0654. The Morgan fingerprint density at radius 3 is 2.30 bits per heavy atom. The number of carbonyl (C=O) groups is 2. The number of halogens is 2. The maximum Gasteiger partial charge on any atom is 0.255 e. The van der Waals surface area contributed by atoms with Crippen LogP contribution in [0.3, 0.4) is 0 Å². The van der Waals surface area contributed by atoms with Gasteiger partial charge in [-0.15, -0.1) is 0 Å². The zero-order valence-corrected chi connectivity index (χ0v) is 18.4. The third-order valence-corrected chi connectivity index (χ3v) is 6.45. The molecule has 0 N–H and O–H groups in total. The van der Waals surface area contributed by atoms with Crippen LogP contribution in [0.25, 0.3) is 10.9 Å². The highest BCUT2D eigenvalue weighted by atomic mass is 19.1. The monoisotopic (exact) mass is 450 g/mol. The van der Waals surface area contributed by atoms with Crippen LogP contribution in [-0.4, -0.2) is 71.3 Å². The number of hydrogen-bond donors (Lipinski definition) is 0. The molecule has 0 radical (unpaired) electrons. The molecule has 0 saturated carbocycles. The maximum absolute atomic E-state index is 13.7. The summed E-state index contributed by atoms with van der Waals surface area (Å²) in [6.45, 7) is 3.38. The Morgan fingerprint density at radius 2 is 1.58 bits per heavy atom. The van der Waals surface area contributed by atoms with Gasteiger partial charge in [-0.05, 0) is 25.2 Å². The number of aromatic nitrogens is 1. The highest BCUT2D eigenvalue weighted by molar-refractivity contribution is 6.08. The second kappa shape index (κ2) is 8.51. The van der Waals surface area contributed by atoms with Gasteiger partial charge in [0.15, 0.2) is 0 Å². The molecule has 1 saturated heterocycles. The smallest absolute Gasteiger partial charge is 0.255 e. The molecule has 6 nitrogen and oxygen atoms in total. The lowest BCUT2D eigenvalue weighted by atomic mass is 9.94. The average molecular weight is 450 g/mol. The van der Waals surface area contributed by atoms with Crippen molar-refractivity contribution in [2.75, 3.05) is 39.8 Å². The molecule has 2 amide bonds. The average Bonchev–Trinajstić information content (AvgIpc) is 2.81. The van der Waals surface area contributed by atoms with Crippen LogP contribution in [0.4, 0.5) is 8.78 Å². The van der Waals surface area contributed by atoms with Crippen LogP contribution >= 0.6 is 0 Å². The van der Waals surface area contributed by atoms with Crippen molar-refractivity contribution in [1.82, 2.24) is 19.7 Å². The number of fused-ring (bicyclic) bond motifs is 2.